The van der Waals surface area contributed by atoms with E-state index in [2.05, 4.69) is 72.8 Å². The average molecular weight is 509 g/mol. The van der Waals surface area contributed by atoms with Crippen LogP contribution in [0.25, 0.3) is 33.4 Å². The van der Waals surface area contributed by atoms with Gasteiger partial charge in [-0.1, -0.05) is 0 Å². The number of rotatable bonds is 3. The predicted molar refractivity (Wildman–Crippen MR) is 146 cm³/mol. The van der Waals surface area contributed by atoms with Gasteiger partial charge in [-0.3, -0.25) is 0 Å². The first-order valence-electron chi connectivity index (χ1n) is 12.1. The summed E-state index contributed by atoms with van der Waals surface area (Å²) in [6.45, 7) is 0. The maximum atomic E-state index is 6.70. The molecule has 3 aliphatic rings. The van der Waals surface area contributed by atoms with Gasteiger partial charge in [0.25, 0.3) is 0 Å². The standard InChI is InChI=1S/C31H25O5P/c1-32-37(33-2,34-3)35-30(28-24-16-8-4-12-20(24)21-13-5-9-17-25(21)28)31(36-37)29-26-18-10-6-14-22(26)23-15-7-11-19-27(23)29/h4-19H,1-3H3. The first-order valence-corrected chi connectivity index (χ1v) is 13.9. The Kier molecular flexibility index (Phi) is 4.79. The molecule has 4 aromatic rings. The van der Waals surface area contributed by atoms with Crippen molar-refractivity contribution in [3.05, 3.63) is 131 Å². The van der Waals surface area contributed by atoms with E-state index in [0.29, 0.717) is 11.5 Å². The third-order valence-electron chi connectivity index (χ3n) is 7.40. The van der Waals surface area contributed by atoms with E-state index in [1.54, 1.807) is 0 Å². The number of benzene rings is 4. The van der Waals surface area contributed by atoms with Crippen molar-refractivity contribution in [1.82, 2.24) is 0 Å². The molecule has 1 aliphatic heterocycles. The summed E-state index contributed by atoms with van der Waals surface area (Å²) in [7, 11) is 0.0160. The Labute approximate surface area is 215 Å². The summed E-state index contributed by atoms with van der Waals surface area (Å²) in [5.74, 6) is 1.09. The molecule has 5 nitrogen and oxygen atoms in total. The van der Waals surface area contributed by atoms with Gasteiger partial charge in [0, 0.05) is 0 Å². The molecule has 2 aliphatic carbocycles. The Morgan fingerprint density at radius 3 is 0.892 bits per heavy atom. The Balaban J connectivity index is 1.64. The molecule has 7 rings (SSSR count). The molecule has 1 heterocycles. The van der Waals surface area contributed by atoms with Crippen molar-refractivity contribution in [1.29, 1.82) is 0 Å². The second-order valence-electron chi connectivity index (χ2n) is 9.07. The molecule has 6 heteroatoms. The van der Waals surface area contributed by atoms with Crippen molar-refractivity contribution in [3.63, 3.8) is 0 Å². The third kappa shape index (κ3) is 2.94. The number of hydrogen-bond donors (Lipinski definition) is 0. The molecule has 0 radical (unpaired) electrons. The zero-order valence-corrected chi connectivity index (χ0v) is 21.6. The van der Waals surface area contributed by atoms with Gasteiger partial charge < -0.3 is 0 Å². The summed E-state index contributed by atoms with van der Waals surface area (Å²) in [5.41, 5.74) is 10.6. The van der Waals surface area contributed by atoms with Crippen LogP contribution < -0.4 is 0 Å². The first-order chi connectivity index (χ1) is 18.1. The van der Waals surface area contributed by atoms with Gasteiger partial charge in [-0.05, 0) is 0 Å². The molecule has 1 fully saturated rings. The predicted octanol–water partition coefficient (Wildman–Crippen LogP) is 7.98. The molecule has 0 bridgehead atoms. The van der Waals surface area contributed by atoms with Crippen molar-refractivity contribution in [2.24, 2.45) is 0 Å². The minimum atomic E-state index is -4.47. The minimum absolute atomic E-state index is 0.544. The summed E-state index contributed by atoms with van der Waals surface area (Å²) in [6, 6.07) is 33.3. The zero-order chi connectivity index (χ0) is 25.2. The Hall–Kier alpha value is -3.73. The van der Waals surface area contributed by atoms with E-state index in [9.17, 15) is 0 Å². The van der Waals surface area contributed by atoms with Crippen LogP contribution in [0.2, 0.25) is 0 Å². The van der Waals surface area contributed by atoms with Gasteiger partial charge in [0.15, 0.2) is 0 Å². The fourth-order valence-electron chi connectivity index (χ4n) is 5.69. The maximum absolute atomic E-state index is 6.70. The fraction of sp³-hybridized carbons (Fsp3) is 0.0968. The molecule has 0 spiro atoms. The van der Waals surface area contributed by atoms with Crippen LogP contribution in [0.15, 0.2) is 109 Å². The van der Waals surface area contributed by atoms with Crippen LogP contribution in [0.1, 0.15) is 22.3 Å². The Bertz CT molecular complexity index is 1440. The molecular formula is C31H25O5P. The van der Waals surface area contributed by atoms with E-state index >= 15 is 0 Å². The SMILES string of the molecule is COP1(OC)(OC)OC(=C2c3ccccc3-c3ccccc32)C(=C2c3ccccc3-c3ccccc32)O1. The van der Waals surface area contributed by atoms with E-state index in [0.717, 1.165) is 55.7 Å². The average Bonchev–Trinajstić information content (AvgIpc) is 3.60. The zero-order valence-electron chi connectivity index (χ0n) is 20.7. The van der Waals surface area contributed by atoms with Gasteiger partial charge >= 0.3 is 216 Å². The van der Waals surface area contributed by atoms with Gasteiger partial charge in [0.05, 0.1) is 0 Å². The second kappa shape index (κ2) is 7.88. The van der Waals surface area contributed by atoms with Gasteiger partial charge in [-0.15, -0.1) is 0 Å². The van der Waals surface area contributed by atoms with Crippen molar-refractivity contribution in [2.45, 2.75) is 0 Å². The van der Waals surface area contributed by atoms with Gasteiger partial charge in [-0.25, -0.2) is 0 Å². The molecule has 37 heavy (non-hydrogen) atoms. The van der Waals surface area contributed by atoms with Crippen LogP contribution in [0.3, 0.4) is 0 Å². The van der Waals surface area contributed by atoms with Crippen molar-refractivity contribution in [2.75, 3.05) is 21.3 Å². The summed E-state index contributed by atoms with van der Waals surface area (Å²) in [6.07, 6.45) is 0. The molecule has 0 atom stereocenters. The molecular weight excluding hydrogens is 483 g/mol. The topological polar surface area (TPSA) is 46.2 Å². The van der Waals surface area contributed by atoms with Crippen LogP contribution in [0.5, 0.6) is 0 Å². The van der Waals surface area contributed by atoms with Crippen LogP contribution in [0, 0.1) is 0 Å². The van der Waals surface area contributed by atoms with Crippen molar-refractivity contribution in [3.8, 4) is 22.3 Å². The fourth-order valence-corrected chi connectivity index (χ4v) is 7.56. The Morgan fingerprint density at radius 1 is 0.405 bits per heavy atom. The van der Waals surface area contributed by atoms with E-state index in [-0.39, 0.29) is 0 Å². The molecule has 0 amide bonds. The number of fused-ring (bicyclic) bond motifs is 6. The van der Waals surface area contributed by atoms with Crippen LogP contribution >= 0.6 is 7.74 Å². The first kappa shape index (κ1) is 22.5. The van der Waals surface area contributed by atoms with E-state index in [1.165, 1.54) is 21.3 Å². The van der Waals surface area contributed by atoms with Crippen LogP contribution in [-0.4, -0.2) is 21.3 Å². The number of hydrogen-bond acceptors (Lipinski definition) is 5. The molecule has 1 saturated heterocycles. The van der Waals surface area contributed by atoms with Gasteiger partial charge in [0.2, 0.25) is 0 Å². The van der Waals surface area contributed by atoms with E-state index < -0.39 is 7.74 Å². The van der Waals surface area contributed by atoms with Crippen molar-refractivity contribution < 1.29 is 22.6 Å². The molecule has 0 aromatic heterocycles. The molecule has 0 N–H and O–H groups in total. The monoisotopic (exact) mass is 508 g/mol. The van der Waals surface area contributed by atoms with Gasteiger partial charge in [0.1, 0.15) is 0 Å². The third-order valence-corrected chi connectivity index (χ3v) is 10.2. The molecule has 184 valence electrons. The second-order valence-corrected chi connectivity index (χ2v) is 12.0. The summed E-state index contributed by atoms with van der Waals surface area (Å²) >= 11 is 0. The normalized spacial score (nSPS) is 18.7. The van der Waals surface area contributed by atoms with E-state index in [4.69, 9.17) is 22.6 Å². The summed E-state index contributed by atoms with van der Waals surface area (Å²) in [4.78, 5) is 0. The summed E-state index contributed by atoms with van der Waals surface area (Å²) < 4.78 is 31.1. The van der Waals surface area contributed by atoms with Gasteiger partial charge in [-0.2, -0.15) is 0 Å². The summed E-state index contributed by atoms with van der Waals surface area (Å²) in [5, 5.41) is 0. The molecule has 0 unspecified atom stereocenters. The molecule has 4 aromatic carbocycles. The Morgan fingerprint density at radius 2 is 0.649 bits per heavy atom. The van der Waals surface area contributed by atoms with E-state index in [1.807, 2.05) is 24.3 Å². The van der Waals surface area contributed by atoms with Crippen LogP contribution in [0.4, 0.5) is 0 Å². The van der Waals surface area contributed by atoms with Crippen LogP contribution in [-0.2, 0) is 22.6 Å². The molecule has 0 saturated carbocycles. The quantitative estimate of drug-likeness (QED) is 0.227. The van der Waals surface area contributed by atoms with Crippen molar-refractivity contribution >= 4 is 18.9 Å².